The van der Waals surface area contributed by atoms with Gasteiger partial charge in [0.15, 0.2) is 11.6 Å². The summed E-state index contributed by atoms with van der Waals surface area (Å²) in [6.45, 7) is 2.17. The Hall–Kier alpha value is -0.0900. The molecule has 0 heterocycles. The molecule has 20 heavy (non-hydrogen) atoms. The zero-order valence-electron chi connectivity index (χ0n) is 12.2. The predicted molar refractivity (Wildman–Crippen MR) is 79.7 cm³/mol. The molecule has 2 bridgehead atoms. The fourth-order valence-electron chi connectivity index (χ4n) is 3.65. The Bertz CT molecular complexity index is 415. The van der Waals surface area contributed by atoms with Crippen molar-refractivity contribution >= 4 is 29.0 Å². The molecule has 0 amide bonds. The van der Waals surface area contributed by atoms with Gasteiger partial charge in [-0.2, -0.15) is 0 Å². The van der Waals surface area contributed by atoms with Gasteiger partial charge in [-0.25, -0.2) is 0 Å². The van der Waals surface area contributed by atoms with Crippen molar-refractivity contribution in [3.63, 3.8) is 0 Å². The average molecular weight is 321 g/mol. The molecule has 3 atom stereocenters. The molecular formula is C15H22Cl2O3. The average Bonchev–Trinajstić information content (AvgIpc) is 2.82. The fraction of sp³-hybridized carbons (Fsp3) is 0.800. The molecule has 114 valence electrons. The van der Waals surface area contributed by atoms with Crippen molar-refractivity contribution in [2.24, 2.45) is 17.8 Å². The van der Waals surface area contributed by atoms with Crippen molar-refractivity contribution in [2.45, 2.75) is 44.8 Å². The van der Waals surface area contributed by atoms with Crippen LogP contribution in [-0.4, -0.2) is 25.8 Å². The van der Waals surface area contributed by atoms with Crippen LogP contribution in [0, 0.1) is 17.8 Å². The smallest absolute Gasteiger partial charge is 0.190 e. The lowest BCUT2D eigenvalue weighted by Gasteiger charge is -2.31. The van der Waals surface area contributed by atoms with Crippen LogP contribution in [0.3, 0.4) is 0 Å². The van der Waals surface area contributed by atoms with Gasteiger partial charge in [0.2, 0.25) is 0 Å². The van der Waals surface area contributed by atoms with E-state index in [9.17, 15) is 4.79 Å². The number of rotatable bonds is 7. The van der Waals surface area contributed by atoms with E-state index >= 15 is 0 Å². The first-order valence-corrected chi connectivity index (χ1v) is 7.99. The predicted octanol–water partition coefficient (Wildman–Crippen LogP) is 4.08. The number of ether oxygens (including phenoxy) is 2. The summed E-state index contributed by atoms with van der Waals surface area (Å²) in [6.07, 6.45) is 5.36. The Morgan fingerprint density at radius 1 is 1.10 bits per heavy atom. The van der Waals surface area contributed by atoms with E-state index in [0.29, 0.717) is 10.1 Å². The molecule has 3 nitrogen and oxygen atoms in total. The van der Waals surface area contributed by atoms with Crippen molar-refractivity contribution in [2.75, 3.05) is 14.2 Å². The summed E-state index contributed by atoms with van der Waals surface area (Å²) in [5, 5.41) is 0.940. The molecule has 0 aliphatic heterocycles. The summed E-state index contributed by atoms with van der Waals surface area (Å²) in [6, 6.07) is 0. The van der Waals surface area contributed by atoms with E-state index in [0.717, 1.165) is 19.3 Å². The molecule has 0 N–H and O–H groups in total. The quantitative estimate of drug-likeness (QED) is 0.523. The largest absolute Gasteiger partial charge is 0.351 e. The second-order valence-corrected chi connectivity index (χ2v) is 6.41. The lowest BCUT2D eigenvalue weighted by molar-refractivity contribution is -0.232. The van der Waals surface area contributed by atoms with E-state index in [-0.39, 0.29) is 17.6 Å². The minimum Gasteiger partial charge on any atom is -0.351 e. The highest BCUT2D eigenvalue weighted by molar-refractivity contribution is 6.42. The summed E-state index contributed by atoms with van der Waals surface area (Å²) in [4.78, 5) is 12.6. The number of methoxy groups -OCH3 is 2. The maximum atomic E-state index is 12.6. The molecule has 0 aromatic heterocycles. The van der Waals surface area contributed by atoms with Gasteiger partial charge in [0.05, 0.1) is 5.92 Å². The van der Waals surface area contributed by atoms with Crippen LogP contribution in [0.4, 0.5) is 0 Å². The van der Waals surface area contributed by atoms with Gasteiger partial charge in [-0.15, -0.1) is 0 Å². The lowest BCUT2D eigenvalue weighted by atomic mass is 9.87. The Morgan fingerprint density at radius 3 is 2.25 bits per heavy atom. The van der Waals surface area contributed by atoms with E-state index in [2.05, 4.69) is 6.92 Å². The maximum absolute atomic E-state index is 12.6. The van der Waals surface area contributed by atoms with Crippen molar-refractivity contribution in [3.8, 4) is 0 Å². The molecule has 0 radical (unpaired) electrons. The van der Waals surface area contributed by atoms with Crippen molar-refractivity contribution in [1.82, 2.24) is 0 Å². The monoisotopic (exact) mass is 320 g/mol. The number of hydrogen-bond donors (Lipinski definition) is 0. The number of unbranched alkanes of at least 4 members (excludes halogenated alkanes) is 3. The third-order valence-corrected chi connectivity index (χ3v) is 5.61. The lowest BCUT2D eigenvalue weighted by Crippen LogP contribution is -2.41. The third kappa shape index (κ3) is 2.23. The first-order chi connectivity index (χ1) is 9.55. The minimum atomic E-state index is -0.999. The van der Waals surface area contributed by atoms with Gasteiger partial charge >= 0.3 is 0 Å². The van der Waals surface area contributed by atoms with Gasteiger partial charge in [0, 0.05) is 30.2 Å². The topological polar surface area (TPSA) is 35.5 Å². The number of halogens is 2. The van der Waals surface area contributed by atoms with Gasteiger partial charge in [-0.05, 0) is 6.42 Å². The Kier molecular flexibility index (Phi) is 5.17. The summed E-state index contributed by atoms with van der Waals surface area (Å²) < 4.78 is 11.1. The Labute approximate surface area is 130 Å². The van der Waals surface area contributed by atoms with Crippen LogP contribution in [0.5, 0.6) is 0 Å². The normalized spacial score (nSPS) is 31.4. The van der Waals surface area contributed by atoms with Crippen LogP contribution >= 0.6 is 23.2 Å². The number of hydrogen-bond acceptors (Lipinski definition) is 3. The molecule has 1 saturated carbocycles. The molecule has 5 heteroatoms. The third-order valence-electron chi connectivity index (χ3n) is 4.65. The van der Waals surface area contributed by atoms with Crippen LogP contribution in [0.1, 0.15) is 39.0 Å². The molecule has 0 aromatic carbocycles. The fourth-order valence-corrected chi connectivity index (χ4v) is 4.44. The second kappa shape index (κ2) is 6.35. The summed E-state index contributed by atoms with van der Waals surface area (Å²) in [5.41, 5.74) is 0. The van der Waals surface area contributed by atoms with Crippen LogP contribution in [0.15, 0.2) is 10.1 Å². The zero-order chi connectivity index (χ0) is 14.9. The Morgan fingerprint density at radius 2 is 1.75 bits per heavy atom. The molecule has 2 rings (SSSR count). The van der Waals surface area contributed by atoms with E-state index in [4.69, 9.17) is 32.7 Å². The van der Waals surface area contributed by atoms with Crippen LogP contribution in [0.25, 0.3) is 0 Å². The first-order valence-electron chi connectivity index (χ1n) is 7.24. The molecule has 0 saturated heterocycles. The van der Waals surface area contributed by atoms with E-state index in [1.54, 1.807) is 14.2 Å². The van der Waals surface area contributed by atoms with Crippen LogP contribution in [-0.2, 0) is 14.3 Å². The van der Waals surface area contributed by atoms with E-state index in [1.807, 2.05) is 0 Å². The molecule has 2 aliphatic rings. The van der Waals surface area contributed by atoms with Crippen molar-refractivity contribution in [3.05, 3.63) is 10.1 Å². The maximum Gasteiger partial charge on any atom is 0.190 e. The number of carbonyl (C=O) groups excluding carboxylic acids is 1. The standard InChI is InChI=1S/C15H22Cl2O3/c1-4-5-6-7-8-9-10-12(16)13(17)11(14(9)18)15(10,19-2)20-3/h9-11H,4-8H2,1-3H3/t9-,10-,11-/m0/s1. The highest BCUT2D eigenvalue weighted by Crippen LogP contribution is 2.61. The molecular weight excluding hydrogens is 299 g/mol. The minimum absolute atomic E-state index is 0.115. The summed E-state index contributed by atoms with van der Waals surface area (Å²) >= 11 is 12.5. The molecule has 0 aromatic rings. The molecule has 2 aliphatic carbocycles. The molecule has 0 unspecified atom stereocenters. The van der Waals surface area contributed by atoms with Crippen molar-refractivity contribution in [1.29, 1.82) is 0 Å². The van der Waals surface area contributed by atoms with E-state index < -0.39 is 11.7 Å². The zero-order valence-corrected chi connectivity index (χ0v) is 13.8. The summed E-state index contributed by atoms with van der Waals surface area (Å²) in [5.74, 6) is -1.84. The Balaban J connectivity index is 2.19. The highest BCUT2D eigenvalue weighted by Gasteiger charge is 2.68. The number of fused-ring (bicyclic) bond motifs is 2. The van der Waals surface area contributed by atoms with Crippen molar-refractivity contribution < 1.29 is 14.3 Å². The highest BCUT2D eigenvalue weighted by atomic mass is 35.5. The van der Waals surface area contributed by atoms with E-state index in [1.165, 1.54) is 12.8 Å². The van der Waals surface area contributed by atoms with Gasteiger partial charge < -0.3 is 9.47 Å². The number of carbonyl (C=O) groups is 1. The number of Topliss-reactive ketones (excluding diaryl/α,β-unsaturated/α-hetero) is 1. The van der Waals surface area contributed by atoms with Gasteiger partial charge in [-0.3, -0.25) is 4.79 Å². The summed E-state index contributed by atoms with van der Waals surface area (Å²) in [7, 11) is 3.10. The van der Waals surface area contributed by atoms with Crippen LogP contribution < -0.4 is 0 Å². The molecule has 0 spiro atoms. The van der Waals surface area contributed by atoms with Gasteiger partial charge in [0.1, 0.15) is 5.92 Å². The second-order valence-electron chi connectivity index (χ2n) is 5.59. The number of ketones is 1. The molecule has 1 fully saturated rings. The van der Waals surface area contributed by atoms with Crippen LogP contribution in [0.2, 0.25) is 0 Å². The SMILES string of the molecule is CCCCCC[C@@H]1C(=O)[C@@H]2C(Cl)=C(Cl)[C@H]1C2(OC)OC. The first kappa shape index (κ1) is 16.3. The van der Waals surface area contributed by atoms with Gasteiger partial charge in [-0.1, -0.05) is 55.8 Å². The van der Waals surface area contributed by atoms with Gasteiger partial charge in [0.25, 0.3) is 0 Å².